The van der Waals surface area contributed by atoms with Crippen LogP contribution in [0.4, 0.5) is 0 Å². The van der Waals surface area contributed by atoms with E-state index < -0.39 is 12.2 Å². The number of aliphatic hydroxyl groups excluding tert-OH is 2. The van der Waals surface area contributed by atoms with Gasteiger partial charge < -0.3 is 14.9 Å². The van der Waals surface area contributed by atoms with Crippen LogP contribution < -0.4 is 0 Å². The van der Waals surface area contributed by atoms with Gasteiger partial charge in [-0.05, 0) is 6.92 Å². The highest BCUT2D eigenvalue weighted by Crippen LogP contribution is 2.31. The summed E-state index contributed by atoms with van der Waals surface area (Å²) in [6.07, 6.45) is 1.95. The summed E-state index contributed by atoms with van der Waals surface area (Å²) < 4.78 is 7.45. The number of rotatable bonds is 2. The van der Waals surface area contributed by atoms with Crippen molar-refractivity contribution in [3.05, 3.63) is 18.3 Å². The van der Waals surface area contributed by atoms with Gasteiger partial charge in [0.2, 0.25) is 0 Å². The van der Waals surface area contributed by atoms with Gasteiger partial charge in [-0.1, -0.05) is 0 Å². The lowest BCUT2D eigenvalue weighted by atomic mass is 10.2. The smallest absolute Gasteiger partial charge is 0.165 e. The lowest BCUT2D eigenvalue weighted by Gasteiger charge is -2.15. The second-order valence-corrected chi connectivity index (χ2v) is 4.38. The fourth-order valence-corrected chi connectivity index (χ4v) is 2.34. The molecule has 2 N–H and O–H groups in total. The minimum Gasteiger partial charge on any atom is -0.394 e. The van der Waals surface area contributed by atoms with E-state index in [1.807, 2.05) is 11.5 Å². The first-order valence-electron chi connectivity index (χ1n) is 5.79. The fraction of sp³-hybridized carbons (Fsp3) is 0.545. The number of imidazole rings is 1. The van der Waals surface area contributed by atoms with E-state index in [4.69, 9.17) is 9.84 Å². The first-order chi connectivity index (χ1) is 8.70. The second kappa shape index (κ2) is 4.27. The SMILES string of the molecule is Cc1nc2cncnc2n1[C@@H]1C[C@@H](O)[C@H](CO)O1. The zero-order valence-corrected chi connectivity index (χ0v) is 9.89. The van der Waals surface area contributed by atoms with Crippen molar-refractivity contribution in [1.82, 2.24) is 19.5 Å². The van der Waals surface area contributed by atoms with E-state index in [1.165, 1.54) is 6.33 Å². The number of aliphatic hydroxyl groups is 2. The molecule has 1 aliphatic rings. The molecule has 1 fully saturated rings. The van der Waals surface area contributed by atoms with Gasteiger partial charge in [-0.25, -0.2) is 15.0 Å². The van der Waals surface area contributed by atoms with Crippen molar-refractivity contribution in [2.75, 3.05) is 6.61 Å². The summed E-state index contributed by atoms with van der Waals surface area (Å²) in [5.41, 5.74) is 1.37. The third-order valence-electron chi connectivity index (χ3n) is 3.20. The molecule has 0 unspecified atom stereocenters. The van der Waals surface area contributed by atoms with Crippen LogP contribution >= 0.6 is 0 Å². The highest BCUT2D eigenvalue weighted by Gasteiger charge is 2.35. The Labute approximate surface area is 103 Å². The van der Waals surface area contributed by atoms with Crippen LogP contribution in [0.3, 0.4) is 0 Å². The molecule has 1 aliphatic heterocycles. The van der Waals surface area contributed by atoms with Crippen molar-refractivity contribution >= 4 is 11.2 Å². The molecule has 0 spiro atoms. The Bertz CT molecular complexity index is 570. The summed E-state index contributed by atoms with van der Waals surface area (Å²) in [6.45, 7) is 1.65. The van der Waals surface area contributed by atoms with E-state index in [2.05, 4.69) is 15.0 Å². The van der Waals surface area contributed by atoms with Gasteiger partial charge in [0.15, 0.2) is 5.65 Å². The zero-order valence-electron chi connectivity index (χ0n) is 9.89. The summed E-state index contributed by atoms with van der Waals surface area (Å²) in [7, 11) is 0. The van der Waals surface area contributed by atoms with E-state index in [1.54, 1.807) is 6.20 Å². The van der Waals surface area contributed by atoms with Crippen LogP contribution in [0.2, 0.25) is 0 Å². The van der Waals surface area contributed by atoms with Gasteiger partial charge in [0.05, 0.1) is 18.9 Å². The Morgan fingerprint density at radius 3 is 3.11 bits per heavy atom. The van der Waals surface area contributed by atoms with E-state index in [9.17, 15) is 5.11 Å². The molecule has 0 radical (unpaired) electrons. The molecule has 3 rings (SSSR count). The normalized spacial score (nSPS) is 28.1. The van der Waals surface area contributed by atoms with Crippen molar-refractivity contribution in [2.45, 2.75) is 31.8 Å². The van der Waals surface area contributed by atoms with Crippen molar-refractivity contribution in [1.29, 1.82) is 0 Å². The molecule has 3 atom stereocenters. The molecule has 0 aromatic carbocycles. The molecule has 2 aromatic heterocycles. The summed E-state index contributed by atoms with van der Waals surface area (Å²) in [4.78, 5) is 12.5. The predicted octanol–water partition coefficient (Wildman–Crippen LogP) is -0.225. The van der Waals surface area contributed by atoms with E-state index in [0.29, 0.717) is 17.6 Å². The topological polar surface area (TPSA) is 93.3 Å². The molecular formula is C11H14N4O3. The molecule has 2 aromatic rings. The Balaban J connectivity index is 2.02. The Kier molecular flexibility index (Phi) is 2.73. The maximum Gasteiger partial charge on any atom is 0.165 e. The van der Waals surface area contributed by atoms with Crippen LogP contribution in [0.15, 0.2) is 12.5 Å². The molecule has 0 amide bonds. The Hall–Kier alpha value is -1.57. The molecule has 1 saturated heterocycles. The number of hydrogen-bond acceptors (Lipinski definition) is 6. The van der Waals surface area contributed by atoms with E-state index >= 15 is 0 Å². The summed E-state index contributed by atoms with van der Waals surface area (Å²) in [6, 6.07) is 0. The molecule has 7 heteroatoms. The molecule has 0 saturated carbocycles. The monoisotopic (exact) mass is 250 g/mol. The molecular weight excluding hydrogens is 236 g/mol. The summed E-state index contributed by atoms with van der Waals surface area (Å²) >= 11 is 0. The van der Waals surface area contributed by atoms with Gasteiger partial charge in [-0.3, -0.25) is 4.57 Å². The predicted molar refractivity (Wildman–Crippen MR) is 61.7 cm³/mol. The first kappa shape index (κ1) is 11.5. The number of aromatic nitrogens is 4. The van der Waals surface area contributed by atoms with Crippen LogP contribution in [0.25, 0.3) is 11.2 Å². The van der Waals surface area contributed by atoms with Gasteiger partial charge >= 0.3 is 0 Å². The van der Waals surface area contributed by atoms with Crippen molar-refractivity contribution < 1.29 is 14.9 Å². The fourth-order valence-electron chi connectivity index (χ4n) is 2.34. The lowest BCUT2D eigenvalue weighted by molar-refractivity contribution is -0.0438. The average molecular weight is 250 g/mol. The highest BCUT2D eigenvalue weighted by molar-refractivity contribution is 5.70. The average Bonchev–Trinajstić information content (AvgIpc) is 2.88. The Morgan fingerprint density at radius 2 is 2.39 bits per heavy atom. The molecule has 7 nitrogen and oxygen atoms in total. The second-order valence-electron chi connectivity index (χ2n) is 4.38. The number of aryl methyl sites for hydroxylation is 1. The highest BCUT2D eigenvalue weighted by atomic mass is 16.5. The number of ether oxygens (including phenoxy) is 1. The van der Waals surface area contributed by atoms with Crippen LogP contribution in [0.1, 0.15) is 18.5 Å². The zero-order chi connectivity index (χ0) is 12.7. The van der Waals surface area contributed by atoms with Gasteiger partial charge in [-0.2, -0.15) is 0 Å². The summed E-state index contributed by atoms with van der Waals surface area (Å²) in [5, 5.41) is 18.9. The van der Waals surface area contributed by atoms with Crippen LogP contribution in [-0.2, 0) is 4.74 Å². The molecule has 18 heavy (non-hydrogen) atoms. The Morgan fingerprint density at radius 1 is 1.56 bits per heavy atom. The quantitative estimate of drug-likeness (QED) is 0.765. The maximum absolute atomic E-state index is 9.77. The van der Waals surface area contributed by atoms with Gasteiger partial charge in [-0.15, -0.1) is 0 Å². The van der Waals surface area contributed by atoms with Gasteiger partial charge in [0.25, 0.3) is 0 Å². The number of fused-ring (bicyclic) bond motifs is 1. The lowest BCUT2D eigenvalue weighted by Crippen LogP contribution is -2.24. The van der Waals surface area contributed by atoms with Crippen LogP contribution in [0.5, 0.6) is 0 Å². The molecule has 0 bridgehead atoms. The van der Waals surface area contributed by atoms with Crippen molar-refractivity contribution in [3.63, 3.8) is 0 Å². The molecule has 3 heterocycles. The third-order valence-corrected chi connectivity index (χ3v) is 3.20. The van der Waals surface area contributed by atoms with Crippen molar-refractivity contribution in [3.8, 4) is 0 Å². The van der Waals surface area contributed by atoms with Crippen LogP contribution in [-0.4, -0.2) is 48.5 Å². The summed E-state index contributed by atoms with van der Waals surface area (Å²) in [5.74, 6) is 0.751. The molecule has 96 valence electrons. The minimum absolute atomic E-state index is 0.196. The largest absolute Gasteiger partial charge is 0.394 e. The molecule has 0 aliphatic carbocycles. The van der Waals surface area contributed by atoms with E-state index in [-0.39, 0.29) is 12.8 Å². The standard InChI is InChI=1S/C11H14N4O3/c1-6-14-7-3-12-5-13-11(7)15(6)10-2-8(17)9(4-16)18-10/h3,5,8-10,16-17H,2,4H2,1H3/t8-,9+,10+/m1/s1. The van der Waals surface area contributed by atoms with Crippen LogP contribution in [0, 0.1) is 6.92 Å². The van der Waals surface area contributed by atoms with Gasteiger partial charge in [0, 0.05) is 6.42 Å². The maximum atomic E-state index is 9.77. The third kappa shape index (κ3) is 1.67. The van der Waals surface area contributed by atoms with Gasteiger partial charge in [0.1, 0.15) is 30.0 Å². The first-order valence-corrected chi connectivity index (χ1v) is 5.79. The van der Waals surface area contributed by atoms with Crippen molar-refractivity contribution in [2.24, 2.45) is 0 Å². The minimum atomic E-state index is -0.668. The number of hydrogen-bond donors (Lipinski definition) is 2. The van der Waals surface area contributed by atoms with E-state index in [0.717, 1.165) is 5.82 Å². The number of nitrogens with zero attached hydrogens (tertiary/aromatic N) is 4.